The van der Waals surface area contributed by atoms with Crippen molar-refractivity contribution < 1.29 is 0 Å². The summed E-state index contributed by atoms with van der Waals surface area (Å²) in [6, 6.07) is 21.1. The van der Waals surface area contributed by atoms with Crippen LogP contribution in [-0.4, -0.2) is 13.1 Å². The molecule has 104 valence electrons. The van der Waals surface area contributed by atoms with Crippen molar-refractivity contribution in [3.63, 3.8) is 0 Å². The standard InChI is InChI=1S/C13H12.C6H11N/c1-3-7-12(8-4-1)11-13-9-5-2-6-10-13;1-3-5-7-6-4-2/h1-10H,11H2;3-4,7H,1-2,5-6H2. The lowest BCUT2D eigenvalue weighted by atomic mass is 10.1. The minimum atomic E-state index is 0.867. The fourth-order valence-electron chi connectivity index (χ4n) is 1.71. The molecule has 0 aliphatic heterocycles. The van der Waals surface area contributed by atoms with Gasteiger partial charge in [-0.3, -0.25) is 0 Å². The average Bonchev–Trinajstić information content (AvgIpc) is 2.51. The van der Waals surface area contributed by atoms with Gasteiger partial charge in [-0.25, -0.2) is 0 Å². The first-order valence-electron chi connectivity index (χ1n) is 6.87. The number of benzene rings is 2. The highest BCUT2D eigenvalue weighted by Gasteiger charge is 1.92. The lowest BCUT2D eigenvalue weighted by molar-refractivity contribution is 0.845. The molecule has 0 bridgehead atoms. The first kappa shape index (κ1) is 15.9. The van der Waals surface area contributed by atoms with Crippen molar-refractivity contribution in [1.29, 1.82) is 0 Å². The third-order valence-corrected chi connectivity index (χ3v) is 2.67. The van der Waals surface area contributed by atoms with Gasteiger partial charge in [-0.1, -0.05) is 72.8 Å². The Labute approximate surface area is 122 Å². The number of nitrogens with one attached hydrogen (secondary N) is 1. The highest BCUT2D eigenvalue weighted by molar-refractivity contribution is 5.25. The van der Waals surface area contributed by atoms with Crippen LogP contribution in [0, 0.1) is 0 Å². The Morgan fingerprint density at radius 3 is 1.45 bits per heavy atom. The van der Waals surface area contributed by atoms with Crippen LogP contribution in [0.4, 0.5) is 0 Å². The van der Waals surface area contributed by atoms with E-state index < -0.39 is 0 Å². The second-order valence-electron chi connectivity index (χ2n) is 4.38. The maximum Gasteiger partial charge on any atom is 0.0135 e. The van der Waals surface area contributed by atoms with Crippen LogP contribution in [0.3, 0.4) is 0 Å². The summed E-state index contributed by atoms with van der Waals surface area (Å²) in [6.07, 6.45) is 4.68. The van der Waals surface area contributed by atoms with E-state index in [1.54, 1.807) is 0 Å². The second-order valence-corrected chi connectivity index (χ2v) is 4.38. The third kappa shape index (κ3) is 7.34. The van der Waals surface area contributed by atoms with E-state index in [-0.39, 0.29) is 0 Å². The Kier molecular flexibility index (Phi) is 8.58. The molecule has 0 saturated carbocycles. The molecule has 2 aromatic rings. The molecular formula is C19H23N. The fraction of sp³-hybridized carbons (Fsp3) is 0.158. The normalized spacial score (nSPS) is 9.20. The van der Waals surface area contributed by atoms with E-state index in [9.17, 15) is 0 Å². The second kappa shape index (κ2) is 10.8. The van der Waals surface area contributed by atoms with Gasteiger partial charge in [-0.05, 0) is 17.5 Å². The third-order valence-electron chi connectivity index (χ3n) is 2.67. The minimum absolute atomic E-state index is 0.867. The molecule has 2 rings (SSSR count). The molecule has 0 amide bonds. The summed E-state index contributed by atoms with van der Waals surface area (Å²) in [5, 5.41) is 3.05. The first-order valence-corrected chi connectivity index (χ1v) is 6.87. The Bertz CT molecular complexity index is 428. The minimum Gasteiger partial charge on any atom is -0.310 e. The largest absolute Gasteiger partial charge is 0.310 e. The molecule has 0 spiro atoms. The lowest BCUT2D eigenvalue weighted by Crippen LogP contribution is -2.11. The van der Waals surface area contributed by atoms with Crippen LogP contribution in [0.15, 0.2) is 86.0 Å². The van der Waals surface area contributed by atoms with E-state index in [1.807, 2.05) is 12.2 Å². The predicted molar refractivity (Wildman–Crippen MR) is 89.0 cm³/mol. The molecule has 0 unspecified atom stereocenters. The van der Waals surface area contributed by atoms with Crippen LogP contribution in [0.5, 0.6) is 0 Å². The van der Waals surface area contributed by atoms with Gasteiger partial charge in [0.1, 0.15) is 0 Å². The van der Waals surface area contributed by atoms with Crippen molar-refractivity contribution in [1.82, 2.24) is 5.32 Å². The average molecular weight is 265 g/mol. The number of hydrogen-bond donors (Lipinski definition) is 1. The fourth-order valence-corrected chi connectivity index (χ4v) is 1.71. The highest BCUT2D eigenvalue weighted by atomic mass is 14.8. The summed E-state index contributed by atoms with van der Waals surface area (Å²) in [5.41, 5.74) is 2.74. The van der Waals surface area contributed by atoms with E-state index in [0.717, 1.165) is 19.5 Å². The molecular weight excluding hydrogens is 242 g/mol. The Morgan fingerprint density at radius 2 is 1.10 bits per heavy atom. The van der Waals surface area contributed by atoms with E-state index in [0.29, 0.717) is 0 Å². The van der Waals surface area contributed by atoms with Gasteiger partial charge in [-0.2, -0.15) is 0 Å². The maximum atomic E-state index is 3.54. The van der Waals surface area contributed by atoms with Crippen LogP contribution < -0.4 is 5.32 Å². The first-order chi connectivity index (χ1) is 9.86. The number of rotatable bonds is 6. The van der Waals surface area contributed by atoms with Crippen molar-refractivity contribution >= 4 is 0 Å². The quantitative estimate of drug-likeness (QED) is 0.609. The van der Waals surface area contributed by atoms with Crippen molar-refractivity contribution in [2.24, 2.45) is 0 Å². The van der Waals surface area contributed by atoms with Crippen LogP contribution in [-0.2, 0) is 6.42 Å². The van der Waals surface area contributed by atoms with Crippen molar-refractivity contribution in [2.45, 2.75) is 6.42 Å². The van der Waals surface area contributed by atoms with Gasteiger partial charge in [0.15, 0.2) is 0 Å². The molecule has 1 heteroatoms. The van der Waals surface area contributed by atoms with Crippen molar-refractivity contribution in [3.8, 4) is 0 Å². The molecule has 1 N–H and O–H groups in total. The zero-order valence-corrected chi connectivity index (χ0v) is 12.0. The Balaban J connectivity index is 0.000000246. The maximum absolute atomic E-state index is 3.54. The van der Waals surface area contributed by atoms with Crippen molar-refractivity contribution in [3.05, 3.63) is 97.1 Å². The van der Waals surface area contributed by atoms with Gasteiger partial charge in [-0.15, -0.1) is 13.2 Å². The molecule has 0 saturated heterocycles. The molecule has 0 aliphatic carbocycles. The molecule has 1 nitrogen and oxygen atoms in total. The molecule has 0 aliphatic rings. The molecule has 2 aromatic carbocycles. The van der Waals surface area contributed by atoms with Crippen LogP contribution in [0.1, 0.15) is 11.1 Å². The van der Waals surface area contributed by atoms with E-state index >= 15 is 0 Å². The summed E-state index contributed by atoms with van der Waals surface area (Å²) in [7, 11) is 0. The van der Waals surface area contributed by atoms with Gasteiger partial charge in [0.25, 0.3) is 0 Å². The predicted octanol–water partition coefficient (Wildman–Crippen LogP) is 4.23. The zero-order chi connectivity index (χ0) is 14.5. The molecule has 0 aromatic heterocycles. The monoisotopic (exact) mass is 265 g/mol. The summed E-state index contributed by atoms with van der Waals surface area (Å²) in [6.45, 7) is 8.81. The van der Waals surface area contributed by atoms with E-state index in [1.165, 1.54) is 11.1 Å². The van der Waals surface area contributed by atoms with E-state index in [4.69, 9.17) is 0 Å². The summed E-state index contributed by atoms with van der Waals surface area (Å²) >= 11 is 0. The smallest absolute Gasteiger partial charge is 0.0135 e. The number of hydrogen-bond acceptors (Lipinski definition) is 1. The lowest BCUT2D eigenvalue weighted by Gasteiger charge is -2.00. The van der Waals surface area contributed by atoms with E-state index in [2.05, 4.69) is 79.1 Å². The van der Waals surface area contributed by atoms with Gasteiger partial charge >= 0.3 is 0 Å². The van der Waals surface area contributed by atoms with Gasteiger partial charge in [0.05, 0.1) is 0 Å². The molecule has 0 atom stereocenters. The molecule has 0 heterocycles. The Hall–Kier alpha value is -2.12. The zero-order valence-electron chi connectivity index (χ0n) is 12.0. The summed E-state index contributed by atoms with van der Waals surface area (Å²) in [4.78, 5) is 0. The van der Waals surface area contributed by atoms with Crippen molar-refractivity contribution in [2.75, 3.05) is 13.1 Å². The van der Waals surface area contributed by atoms with Crippen LogP contribution in [0.2, 0.25) is 0 Å². The van der Waals surface area contributed by atoms with Gasteiger partial charge in [0, 0.05) is 13.1 Å². The molecule has 0 fully saturated rings. The van der Waals surface area contributed by atoms with Crippen LogP contribution in [0.25, 0.3) is 0 Å². The van der Waals surface area contributed by atoms with Gasteiger partial charge in [0.2, 0.25) is 0 Å². The SMILES string of the molecule is C=CCNCC=C.c1ccc(Cc2ccccc2)cc1. The summed E-state index contributed by atoms with van der Waals surface area (Å²) in [5.74, 6) is 0. The molecule has 0 radical (unpaired) electrons. The van der Waals surface area contributed by atoms with Gasteiger partial charge < -0.3 is 5.32 Å². The topological polar surface area (TPSA) is 12.0 Å². The highest BCUT2D eigenvalue weighted by Crippen LogP contribution is 2.07. The van der Waals surface area contributed by atoms with Crippen LogP contribution >= 0.6 is 0 Å². The Morgan fingerprint density at radius 1 is 0.700 bits per heavy atom. The summed E-state index contributed by atoms with van der Waals surface area (Å²) < 4.78 is 0. The molecule has 20 heavy (non-hydrogen) atoms.